The number of hydrogen-bond acceptors (Lipinski definition) is 3. The Morgan fingerprint density at radius 3 is 2.57 bits per heavy atom. The van der Waals surface area contributed by atoms with Crippen molar-refractivity contribution in [1.82, 2.24) is 10.6 Å². The van der Waals surface area contributed by atoms with Crippen LogP contribution >= 0.6 is 0 Å². The molecule has 0 atom stereocenters. The minimum absolute atomic E-state index is 0.0238. The van der Waals surface area contributed by atoms with E-state index < -0.39 is 0 Å². The maximum atomic E-state index is 11.2. The van der Waals surface area contributed by atoms with Crippen LogP contribution in [0.2, 0.25) is 0 Å². The highest BCUT2D eigenvalue weighted by molar-refractivity contribution is 5.76. The number of carbonyl (C=O) groups is 1. The highest BCUT2D eigenvalue weighted by Gasteiger charge is 2.17. The molecule has 0 aliphatic heterocycles. The predicted molar refractivity (Wildman–Crippen MR) is 57.0 cm³/mol. The third-order valence-corrected chi connectivity index (χ3v) is 2.15. The predicted octanol–water partition coefficient (Wildman–Crippen LogP) is 0.121. The Bertz CT molecular complexity index is 170. The summed E-state index contributed by atoms with van der Waals surface area (Å²) in [6, 6.07) is 0. The Balaban J connectivity index is 3.64. The van der Waals surface area contributed by atoms with Gasteiger partial charge < -0.3 is 15.7 Å². The Labute approximate surface area is 86.1 Å². The monoisotopic (exact) mass is 202 g/mol. The Hall–Kier alpha value is -0.610. The molecule has 0 bridgehead atoms. The van der Waals surface area contributed by atoms with Crippen LogP contribution in [0.4, 0.5) is 0 Å². The minimum Gasteiger partial charge on any atom is -0.396 e. The summed E-state index contributed by atoms with van der Waals surface area (Å²) < 4.78 is 0. The second kappa shape index (κ2) is 6.79. The molecule has 0 rings (SSSR count). The lowest BCUT2D eigenvalue weighted by Crippen LogP contribution is -2.35. The standard InChI is InChI=1S/C10H22N2O2/c1-10(2,5-7-13)8-12-9(14)4-6-11-3/h11,13H,4-8H2,1-3H3,(H,12,14). The largest absolute Gasteiger partial charge is 0.396 e. The van der Waals surface area contributed by atoms with Gasteiger partial charge in [-0.3, -0.25) is 4.79 Å². The summed E-state index contributed by atoms with van der Waals surface area (Å²) in [5.41, 5.74) is -0.0238. The summed E-state index contributed by atoms with van der Waals surface area (Å²) in [6.07, 6.45) is 1.21. The normalized spacial score (nSPS) is 11.4. The van der Waals surface area contributed by atoms with Gasteiger partial charge in [0.1, 0.15) is 0 Å². The van der Waals surface area contributed by atoms with Crippen LogP contribution in [-0.4, -0.2) is 37.8 Å². The van der Waals surface area contributed by atoms with Crippen molar-refractivity contribution in [2.45, 2.75) is 26.7 Å². The third-order valence-electron chi connectivity index (χ3n) is 2.15. The fraction of sp³-hybridized carbons (Fsp3) is 0.900. The number of aliphatic hydroxyl groups excluding tert-OH is 1. The van der Waals surface area contributed by atoms with E-state index in [1.165, 1.54) is 0 Å². The first-order valence-electron chi connectivity index (χ1n) is 5.04. The van der Waals surface area contributed by atoms with Crippen molar-refractivity contribution >= 4 is 5.91 Å². The van der Waals surface area contributed by atoms with E-state index in [0.717, 1.165) is 0 Å². The summed E-state index contributed by atoms with van der Waals surface area (Å²) in [5.74, 6) is 0.0605. The van der Waals surface area contributed by atoms with E-state index in [4.69, 9.17) is 5.11 Å². The first kappa shape index (κ1) is 13.4. The van der Waals surface area contributed by atoms with Crippen molar-refractivity contribution in [2.75, 3.05) is 26.7 Å². The average Bonchev–Trinajstić information content (AvgIpc) is 2.11. The molecule has 4 heteroatoms. The Kier molecular flexibility index (Phi) is 6.49. The summed E-state index contributed by atoms with van der Waals surface area (Å²) in [6.45, 7) is 5.55. The minimum atomic E-state index is -0.0238. The Morgan fingerprint density at radius 1 is 1.43 bits per heavy atom. The number of rotatable bonds is 7. The van der Waals surface area contributed by atoms with Gasteiger partial charge in [0.15, 0.2) is 0 Å². The smallest absolute Gasteiger partial charge is 0.221 e. The molecular formula is C10H22N2O2. The van der Waals surface area contributed by atoms with Crippen LogP contribution in [0.1, 0.15) is 26.7 Å². The zero-order chi connectivity index (χ0) is 11.0. The van der Waals surface area contributed by atoms with Crippen molar-refractivity contribution in [3.63, 3.8) is 0 Å². The molecule has 0 spiro atoms. The van der Waals surface area contributed by atoms with Crippen LogP contribution < -0.4 is 10.6 Å². The molecule has 0 radical (unpaired) electrons. The zero-order valence-corrected chi connectivity index (χ0v) is 9.39. The maximum absolute atomic E-state index is 11.2. The van der Waals surface area contributed by atoms with Crippen LogP contribution in [-0.2, 0) is 4.79 Å². The van der Waals surface area contributed by atoms with Crippen LogP contribution in [0.3, 0.4) is 0 Å². The number of nitrogens with one attached hydrogen (secondary N) is 2. The quantitative estimate of drug-likeness (QED) is 0.549. The third kappa shape index (κ3) is 6.86. The van der Waals surface area contributed by atoms with Crippen LogP contribution in [0, 0.1) is 5.41 Å². The van der Waals surface area contributed by atoms with Gasteiger partial charge in [0, 0.05) is 26.1 Å². The van der Waals surface area contributed by atoms with E-state index >= 15 is 0 Å². The van der Waals surface area contributed by atoms with E-state index in [2.05, 4.69) is 10.6 Å². The molecule has 0 unspecified atom stereocenters. The number of hydrogen-bond donors (Lipinski definition) is 3. The summed E-state index contributed by atoms with van der Waals surface area (Å²) in [7, 11) is 1.82. The summed E-state index contributed by atoms with van der Waals surface area (Å²) >= 11 is 0. The lowest BCUT2D eigenvalue weighted by molar-refractivity contribution is -0.121. The number of amides is 1. The molecular weight excluding hydrogens is 180 g/mol. The molecule has 0 saturated carbocycles. The molecule has 3 N–H and O–H groups in total. The molecule has 0 aliphatic rings. The van der Waals surface area contributed by atoms with Gasteiger partial charge in [-0.2, -0.15) is 0 Å². The fourth-order valence-electron chi connectivity index (χ4n) is 1.06. The van der Waals surface area contributed by atoms with Gasteiger partial charge in [-0.1, -0.05) is 13.8 Å². The van der Waals surface area contributed by atoms with Gasteiger partial charge in [0.05, 0.1) is 0 Å². The summed E-state index contributed by atoms with van der Waals surface area (Å²) in [5, 5.41) is 14.6. The van der Waals surface area contributed by atoms with E-state index in [1.807, 2.05) is 20.9 Å². The molecule has 84 valence electrons. The van der Waals surface area contributed by atoms with Gasteiger partial charge in [-0.15, -0.1) is 0 Å². The topological polar surface area (TPSA) is 61.4 Å². The lowest BCUT2D eigenvalue weighted by Gasteiger charge is -2.23. The zero-order valence-electron chi connectivity index (χ0n) is 9.39. The SMILES string of the molecule is CNCCC(=O)NCC(C)(C)CCO. The van der Waals surface area contributed by atoms with Crippen molar-refractivity contribution < 1.29 is 9.90 Å². The molecule has 0 heterocycles. The van der Waals surface area contributed by atoms with Gasteiger partial charge in [0.25, 0.3) is 0 Å². The maximum Gasteiger partial charge on any atom is 0.221 e. The first-order valence-corrected chi connectivity index (χ1v) is 5.04. The van der Waals surface area contributed by atoms with Crippen molar-refractivity contribution in [3.05, 3.63) is 0 Å². The molecule has 0 aliphatic carbocycles. The highest BCUT2D eigenvalue weighted by Crippen LogP contribution is 2.17. The number of carbonyl (C=O) groups excluding carboxylic acids is 1. The average molecular weight is 202 g/mol. The second-order valence-electron chi connectivity index (χ2n) is 4.27. The van der Waals surface area contributed by atoms with Gasteiger partial charge in [-0.25, -0.2) is 0 Å². The first-order chi connectivity index (χ1) is 6.52. The molecule has 0 fully saturated rings. The van der Waals surface area contributed by atoms with Crippen molar-refractivity contribution in [3.8, 4) is 0 Å². The van der Waals surface area contributed by atoms with Crippen LogP contribution in [0.15, 0.2) is 0 Å². The lowest BCUT2D eigenvalue weighted by atomic mass is 9.90. The van der Waals surface area contributed by atoms with Crippen molar-refractivity contribution in [2.24, 2.45) is 5.41 Å². The van der Waals surface area contributed by atoms with E-state index in [0.29, 0.717) is 25.9 Å². The van der Waals surface area contributed by atoms with Gasteiger partial charge in [-0.05, 0) is 18.9 Å². The summed E-state index contributed by atoms with van der Waals surface area (Å²) in [4.78, 5) is 11.2. The molecule has 0 aromatic heterocycles. The van der Waals surface area contributed by atoms with E-state index in [1.54, 1.807) is 0 Å². The molecule has 0 aromatic carbocycles. The molecule has 0 aromatic rings. The van der Waals surface area contributed by atoms with Gasteiger partial charge >= 0.3 is 0 Å². The van der Waals surface area contributed by atoms with Crippen molar-refractivity contribution in [1.29, 1.82) is 0 Å². The van der Waals surface area contributed by atoms with Crippen LogP contribution in [0.5, 0.6) is 0 Å². The molecule has 4 nitrogen and oxygen atoms in total. The second-order valence-corrected chi connectivity index (χ2v) is 4.27. The van der Waals surface area contributed by atoms with E-state index in [-0.39, 0.29) is 17.9 Å². The van der Waals surface area contributed by atoms with Crippen LogP contribution in [0.25, 0.3) is 0 Å². The Morgan fingerprint density at radius 2 is 2.07 bits per heavy atom. The molecule has 0 saturated heterocycles. The highest BCUT2D eigenvalue weighted by atomic mass is 16.3. The van der Waals surface area contributed by atoms with E-state index in [9.17, 15) is 4.79 Å². The van der Waals surface area contributed by atoms with Gasteiger partial charge in [0.2, 0.25) is 5.91 Å². The number of aliphatic hydroxyl groups is 1. The fourth-order valence-corrected chi connectivity index (χ4v) is 1.06. The molecule has 14 heavy (non-hydrogen) atoms. The molecule has 1 amide bonds.